The van der Waals surface area contributed by atoms with Crippen LogP contribution in [0.4, 0.5) is 0 Å². The number of amides is 1. The van der Waals surface area contributed by atoms with Gasteiger partial charge in [0.15, 0.2) is 11.5 Å². The first-order chi connectivity index (χ1) is 20.6. The molecule has 9 nitrogen and oxygen atoms in total. The topological polar surface area (TPSA) is 88.5 Å². The number of likely N-dealkylation sites (tertiary alicyclic amines) is 1. The number of unbranched alkanes of at least 4 members (excludes halogenated alkanes) is 1. The second-order valence-corrected chi connectivity index (χ2v) is 13.2. The summed E-state index contributed by atoms with van der Waals surface area (Å²) in [6, 6.07) is 11.7. The second kappa shape index (κ2) is 13.6. The third-order valence-electron chi connectivity index (χ3n) is 9.09. The maximum atomic E-state index is 13.9. The van der Waals surface area contributed by atoms with Gasteiger partial charge in [-0.15, -0.1) is 0 Å². The number of fused-ring (bicyclic) bond motifs is 2. The van der Waals surface area contributed by atoms with Crippen molar-refractivity contribution in [2.24, 2.45) is 5.92 Å². The molecule has 1 amide bonds. The molecule has 234 valence electrons. The van der Waals surface area contributed by atoms with E-state index in [1.165, 1.54) is 0 Å². The zero-order chi connectivity index (χ0) is 30.6. The Labute approximate surface area is 255 Å². The number of aliphatic carboxylic acids is 1. The van der Waals surface area contributed by atoms with Crippen LogP contribution in [0, 0.1) is 5.92 Å². The van der Waals surface area contributed by atoms with E-state index in [4.69, 9.17) is 14.2 Å². The van der Waals surface area contributed by atoms with Crippen LogP contribution < -0.4 is 14.2 Å². The number of carboxylic acids is 1. The van der Waals surface area contributed by atoms with Crippen LogP contribution in [0.3, 0.4) is 0 Å². The van der Waals surface area contributed by atoms with E-state index >= 15 is 0 Å². The number of rotatable bonds is 14. The number of carbonyl (C=O) groups is 2. The third-order valence-corrected chi connectivity index (χ3v) is 9.09. The van der Waals surface area contributed by atoms with E-state index in [9.17, 15) is 14.7 Å². The molecule has 3 atom stereocenters. The highest BCUT2D eigenvalue weighted by atomic mass is 16.7. The molecular formula is C34H48N3O6+. The lowest BCUT2D eigenvalue weighted by Crippen LogP contribution is -2.45. The van der Waals surface area contributed by atoms with E-state index in [1.54, 1.807) is 0 Å². The fourth-order valence-electron chi connectivity index (χ4n) is 6.84. The van der Waals surface area contributed by atoms with E-state index < -0.39 is 11.9 Å². The van der Waals surface area contributed by atoms with Crippen molar-refractivity contribution in [3.05, 3.63) is 53.1 Å². The first-order valence-electron chi connectivity index (χ1n) is 15.8. The summed E-state index contributed by atoms with van der Waals surface area (Å²) in [4.78, 5) is 31.0. The SMILES string of the molecule is CCCCN(CCC[N+](C)(C)C)C(=O)CN1CC(c2ccc3c(c2)CCO3)C(C(=O)O)C1CCc1cccc2c1OCO2. The van der Waals surface area contributed by atoms with Gasteiger partial charge in [0.2, 0.25) is 12.7 Å². The Morgan fingerprint density at radius 3 is 2.63 bits per heavy atom. The molecule has 3 heterocycles. The lowest BCUT2D eigenvalue weighted by atomic mass is 9.83. The molecule has 3 aliphatic rings. The van der Waals surface area contributed by atoms with Gasteiger partial charge in [0.05, 0.1) is 46.8 Å². The summed E-state index contributed by atoms with van der Waals surface area (Å²) in [6.07, 6.45) is 4.98. The zero-order valence-corrected chi connectivity index (χ0v) is 26.2. The van der Waals surface area contributed by atoms with Crippen LogP contribution in [0.25, 0.3) is 0 Å². The van der Waals surface area contributed by atoms with Gasteiger partial charge in [-0.05, 0) is 48.1 Å². The average molecular weight is 595 g/mol. The fourth-order valence-corrected chi connectivity index (χ4v) is 6.84. The predicted octanol–water partition coefficient (Wildman–Crippen LogP) is 4.18. The molecule has 9 heteroatoms. The zero-order valence-electron chi connectivity index (χ0n) is 26.2. The van der Waals surface area contributed by atoms with Gasteiger partial charge >= 0.3 is 5.97 Å². The van der Waals surface area contributed by atoms with Crippen LogP contribution in [0.2, 0.25) is 0 Å². The van der Waals surface area contributed by atoms with Gasteiger partial charge < -0.3 is 28.7 Å². The number of aryl methyl sites for hydroxylation is 1. The van der Waals surface area contributed by atoms with E-state index in [0.717, 1.165) is 83.7 Å². The highest BCUT2D eigenvalue weighted by Gasteiger charge is 2.47. The van der Waals surface area contributed by atoms with Gasteiger partial charge in [0.25, 0.3) is 0 Å². The minimum atomic E-state index is -0.814. The summed E-state index contributed by atoms with van der Waals surface area (Å²) in [6.45, 7) is 6.18. The molecule has 0 aliphatic carbocycles. The Bertz CT molecular complexity index is 1290. The van der Waals surface area contributed by atoms with Gasteiger partial charge in [-0.1, -0.05) is 37.6 Å². The number of benzene rings is 2. The summed E-state index contributed by atoms with van der Waals surface area (Å²) >= 11 is 0. The molecule has 2 aromatic rings. The number of para-hydroxylation sites is 1. The first-order valence-corrected chi connectivity index (χ1v) is 15.8. The number of carboxylic acid groups (broad SMARTS) is 1. The molecule has 3 unspecified atom stereocenters. The van der Waals surface area contributed by atoms with Crippen molar-refractivity contribution < 1.29 is 33.4 Å². The van der Waals surface area contributed by atoms with E-state index in [-0.39, 0.29) is 31.2 Å². The first kappa shape index (κ1) is 31.1. The van der Waals surface area contributed by atoms with Crippen molar-refractivity contribution >= 4 is 11.9 Å². The Morgan fingerprint density at radius 1 is 1.05 bits per heavy atom. The Hall–Kier alpha value is -3.30. The van der Waals surface area contributed by atoms with Crippen LogP contribution in [-0.2, 0) is 22.4 Å². The molecule has 1 fully saturated rings. The minimum absolute atomic E-state index is 0.0873. The molecule has 3 aliphatic heterocycles. The normalized spacial score (nSPS) is 21.1. The van der Waals surface area contributed by atoms with Crippen molar-refractivity contribution in [3.8, 4) is 17.2 Å². The van der Waals surface area contributed by atoms with Crippen LogP contribution in [0.5, 0.6) is 17.2 Å². The Kier molecular flexibility index (Phi) is 9.82. The minimum Gasteiger partial charge on any atom is -0.493 e. The molecule has 1 saturated heterocycles. The molecule has 1 N–H and O–H groups in total. The number of ether oxygens (including phenoxy) is 3. The monoisotopic (exact) mass is 594 g/mol. The molecule has 2 aromatic carbocycles. The van der Waals surface area contributed by atoms with Gasteiger partial charge in [-0.3, -0.25) is 14.5 Å². The second-order valence-electron chi connectivity index (χ2n) is 13.2. The fraction of sp³-hybridized carbons (Fsp3) is 0.588. The number of hydrogen-bond donors (Lipinski definition) is 1. The van der Waals surface area contributed by atoms with Crippen LogP contribution >= 0.6 is 0 Å². The summed E-state index contributed by atoms with van der Waals surface area (Å²) in [5, 5.41) is 10.6. The summed E-state index contributed by atoms with van der Waals surface area (Å²) in [5.74, 6) is 0.777. The molecular weight excluding hydrogens is 546 g/mol. The molecule has 0 aromatic heterocycles. The van der Waals surface area contributed by atoms with Crippen molar-refractivity contribution in [2.75, 3.05) is 67.3 Å². The maximum absolute atomic E-state index is 13.9. The molecule has 0 radical (unpaired) electrons. The van der Waals surface area contributed by atoms with Crippen molar-refractivity contribution in [3.63, 3.8) is 0 Å². The smallest absolute Gasteiger partial charge is 0.308 e. The number of carbonyl (C=O) groups excluding carboxylic acids is 1. The van der Waals surface area contributed by atoms with Crippen molar-refractivity contribution in [2.45, 2.75) is 57.4 Å². The summed E-state index contributed by atoms with van der Waals surface area (Å²) in [7, 11) is 6.51. The van der Waals surface area contributed by atoms with E-state index in [0.29, 0.717) is 26.0 Å². The van der Waals surface area contributed by atoms with Crippen LogP contribution in [0.1, 0.15) is 55.2 Å². The predicted molar refractivity (Wildman–Crippen MR) is 165 cm³/mol. The molecule has 43 heavy (non-hydrogen) atoms. The summed E-state index contributed by atoms with van der Waals surface area (Å²) in [5.41, 5.74) is 3.15. The summed E-state index contributed by atoms with van der Waals surface area (Å²) < 4.78 is 17.9. The van der Waals surface area contributed by atoms with Crippen LogP contribution in [-0.4, -0.2) is 105 Å². The van der Waals surface area contributed by atoms with Gasteiger partial charge in [0, 0.05) is 44.4 Å². The lowest BCUT2D eigenvalue weighted by molar-refractivity contribution is -0.870. The quantitative estimate of drug-likeness (QED) is 0.329. The largest absolute Gasteiger partial charge is 0.493 e. The third kappa shape index (κ3) is 7.44. The van der Waals surface area contributed by atoms with Gasteiger partial charge in [-0.25, -0.2) is 0 Å². The van der Waals surface area contributed by atoms with E-state index in [1.807, 2.05) is 35.2 Å². The molecule has 0 saturated carbocycles. The van der Waals surface area contributed by atoms with Crippen LogP contribution in [0.15, 0.2) is 36.4 Å². The van der Waals surface area contributed by atoms with Gasteiger partial charge in [-0.2, -0.15) is 0 Å². The Morgan fingerprint density at radius 2 is 1.86 bits per heavy atom. The number of nitrogens with zero attached hydrogens (tertiary/aromatic N) is 3. The maximum Gasteiger partial charge on any atom is 0.308 e. The van der Waals surface area contributed by atoms with E-state index in [2.05, 4.69) is 39.0 Å². The lowest BCUT2D eigenvalue weighted by Gasteiger charge is -2.31. The van der Waals surface area contributed by atoms with Crippen molar-refractivity contribution in [1.29, 1.82) is 0 Å². The Balaban J connectivity index is 1.39. The highest BCUT2D eigenvalue weighted by Crippen LogP contribution is 2.42. The highest BCUT2D eigenvalue weighted by molar-refractivity contribution is 5.79. The molecule has 0 spiro atoms. The standard InChI is InChI=1S/C34H47N3O6/c1-5-6-16-35(17-8-18-37(2,3)4)31(38)22-36-21-27(25-12-14-29-26(20-25)15-19-41-29)32(34(39)40)28(36)13-11-24-9-7-10-30-33(24)43-23-42-30/h7,9-10,12,14,20,27-28,32H,5-6,8,11,13,15-19,21-23H2,1-4H3/p+1. The number of quaternary nitrogens is 1. The number of hydrogen-bond acceptors (Lipinski definition) is 6. The molecule has 5 rings (SSSR count). The average Bonchev–Trinajstić information content (AvgIpc) is 3.71. The van der Waals surface area contributed by atoms with Crippen molar-refractivity contribution in [1.82, 2.24) is 9.80 Å². The molecule has 0 bridgehead atoms. The van der Waals surface area contributed by atoms with Gasteiger partial charge in [0.1, 0.15) is 5.75 Å².